The summed E-state index contributed by atoms with van der Waals surface area (Å²) in [4.78, 5) is 13.0. The molecule has 0 aliphatic rings. The van der Waals surface area contributed by atoms with Crippen LogP contribution in [0.25, 0.3) is 0 Å². The molecule has 0 aliphatic carbocycles. The Morgan fingerprint density at radius 1 is 0.897 bits per heavy atom. The highest BCUT2D eigenvalue weighted by Crippen LogP contribution is 2.17. The van der Waals surface area contributed by atoms with Crippen molar-refractivity contribution < 1.29 is 8.42 Å². The van der Waals surface area contributed by atoms with Crippen LogP contribution in [0.3, 0.4) is 0 Å². The van der Waals surface area contributed by atoms with E-state index in [0.717, 1.165) is 21.6 Å². The van der Waals surface area contributed by atoms with E-state index in [1.807, 2.05) is 32.9 Å². The van der Waals surface area contributed by atoms with Crippen LogP contribution in [-0.4, -0.2) is 29.3 Å². The molecule has 10 heteroatoms. The van der Waals surface area contributed by atoms with Crippen molar-refractivity contribution in [2.75, 3.05) is 10.6 Å². The number of aryl methyl sites for hydroxylation is 3. The standard InChI is InChI=1S/C19H19BrN6O2S/c1-12-5-4-6-17(21-12)24-19(25-18-22-13(2)11-14(3)23-18)26-29(27,28)16-9-7-15(20)8-10-16/h4-11H,1-3H3,(H2,21,22,23,24,25,26). The van der Waals surface area contributed by atoms with Gasteiger partial charge in [0, 0.05) is 21.6 Å². The number of rotatable bonds is 4. The van der Waals surface area contributed by atoms with E-state index in [4.69, 9.17) is 0 Å². The van der Waals surface area contributed by atoms with Crippen molar-refractivity contribution in [3.05, 3.63) is 70.1 Å². The Kier molecular flexibility index (Phi) is 6.23. The lowest BCUT2D eigenvalue weighted by Gasteiger charge is -2.12. The first-order chi connectivity index (χ1) is 13.7. The van der Waals surface area contributed by atoms with Crippen LogP contribution in [0, 0.1) is 20.8 Å². The van der Waals surface area contributed by atoms with Crippen LogP contribution in [0.2, 0.25) is 0 Å². The maximum absolute atomic E-state index is 12.8. The molecule has 2 N–H and O–H groups in total. The molecule has 1 aromatic carbocycles. The Bertz CT molecular complexity index is 1140. The second-order valence-electron chi connectivity index (χ2n) is 6.26. The summed E-state index contributed by atoms with van der Waals surface area (Å²) in [6.45, 7) is 5.48. The Hall–Kier alpha value is -2.85. The fourth-order valence-electron chi connectivity index (χ4n) is 2.48. The Labute approximate surface area is 177 Å². The molecule has 0 saturated carbocycles. The van der Waals surface area contributed by atoms with Crippen LogP contribution < -0.4 is 10.6 Å². The number of pyridine rings is 1. The molecular weight excluding hydrogens is 456 g/mol. The minimum Gasteiger partial charge on any atom is -0.310 e. The molecule has 0 radical (unpaired) electrons. The van der Waals surface area contributed by atoms with Gasteiger partial charge in [0.25, 0.3) is 10.0 Å². The topological polar surface area (TPSA) is 109 Å². The number of aromatic nitrogens is 3. The maximum atomic E-state index is 12.8. The second-order valence-corrected chi connectivity index (χ2v) is 8.78. The van der Waals surface area contributed by atoms with Crippen LogP contribution in [0.4, 0.5) is 11.8 Å². The van der Waals surface area contributed by atoms with Gasteiger partial charge < -0.3 is 5.32 Å². The number of hydrogen-bond acceptors (Lipinski definition) is 5. The van der Waals surface area contributed by atoms with Gasteiger partial charge in [0.05, 0.1) is 4.90 Å². The number of nitrogens with zero attached hydrogens (tertiary/aromatic N) is 4. The van der Waals surface area contributed by atoms with Crippen LogP contribution in [0.5, 0.6) is 0 Å². The van der Waals surface area contributed by atoms with Gasteiger partial charge in [-0.15, -0.1) is 4.40 Å². The number of guanidine groups is 1. The molecule has 0 saturated heterocycles. The van der Waals surface area contributed by atoms with Crippen LogP contribution in [0.1, 0.15) is 17.1 Å². The number of hydrogen-bond donors (Lipinski definition) is 2. The SMILES string of the molecule is Cc1cccc(NC(=NS(=O)(=O)c2ccc(Br)cc2)Nc2nc(C)cc(C)n2)n1. The summed E-state index contributed by atoms with van der Waals surface area (Å²) >= 11 is 3.29. The van der Waals surface area contributed by atoms with Gasteiger partial charge in [-0.1, -0.05) is 22.0 Å². The van der Waals surface area contributed by atoms with Gasteiger partial charge in [-0.3, -0.25) is 5.32 Å². The highest BCUT2D eigenvalue weighted by Gasteiger charge is 2.16. The van der Waals surface area contributed by atoms with Crippen molar-refractivity contribution in [2.45, 2.75) is 25.7 Å². The number of benzene rings is 1. The molecule has 150 valence electrons. The maximum Gasteiger partial charge on any atom is 0.285 e. The van der Waals surface area contributed by atoms with E-state index in [-0.39, 0.29) is 16.8 Å². The molecule has 0 unspecified atom stereocenters. The van der Waals surface area contributed by atoms with E-state index >= 15 is 0 Å². The fraction of sp³-hybridized carbons (Fsp3) is 0.158. The first-order valence-electron chi connectivity index (χ1n) is 8.62. The van der Waals surface area contributed by atoms with E-state index in [1.165, 1.54) is 12.1 Å². The summed E-state index contributed by atoms with van der Waals surface area (Å²) < 4.78 is 30.3. The highest BCUT2D eigenvalue weighted by atomic mass is 79.9. The van der Waals surface area contributed by atoms with E-state index in [9.17, 15) is 8.42 Å². The summed E-state index contributed by atoms with van der Waals surface area (Å²) in [6, 6.07) is 13.4. The predicted octanol–water partition coefficient (Wildman–Crippen LogP) is 3.83. The normalized spacial score (nSPS) is 11.9. The number of halogens is 1. The molecule has 3 rings (SSSR count). The first-order valence-corrected chi connectivity index (χ1v) is 10.9. The molecule has 0 bridgehead atoms. The predicted molar refractivity (Wildman–Crippen MR) is 116 cm³/mol. The number of anilines is 2. The molecule has 0 aliphatic heterocycles. The summed E-state index contributed by atoms with van der Waals surface area (Å²) in [5.41, 5.74) is 2.25. The van der Waals surface area contributed by atoms with Crippen molar-refractivity contribution >= 4 is 43.7 Å². The zero-order chi connectivity index (χ0) is 21.0. The van der Waals surface area contributed by atoms with Crippen molar-refractivity contribution in [3.63, 3.8) is 0 Å². The van der Waals surface area contributed by atoms with Crippen molar-refractivity contribution in [1.29, 1.82) is 0 Å². The highest BCUT2D eigenvalue weighted by molar-refractivity contribution is 9.10. The average molecular weight is 475 g/mol. The van der Waals surface area contributed by atoms with E-state index in [0.29, 0.717) is 5.82 Å². The van der Waals surface area contributed by atoms with Crippen molar-refractivity contribution in [1.82, 2.24) is 15.0 Å². The van der Waals surface area contributed by atoms with E-state index < -0.39 is 10.0 Å². The lowest BCUT2D eigenvalue weighted by atomic mass is 10.3. The van der Waals surface area contributed by atoms with Crippen LogP contribution >= 0.6 is 15.9 Å². The molecule has 0 fully saturated rings. The van der Waals surface area contributed by atoms with E-state index in [2.05, 4.69) is 45.9 Å². The van der Waals surface area contributed by atoms with Gasteiger partial charge >= 0.3 is 0 Å². The van der Waals surface area contributed by atoms with Gasteiger partial charge in [-0.05, 0) is 63.2 Å². The molecule has 29 heavy (non-hydrogen) atoms. The smallest absolute Gasteiger partial charge is 0.285 e. The van der Waals surface area contributed by atoms with Gasteiger partial charge in [0.2, 0.25) is 11.9 Å². The Balaban J connectivity index is 2.01. The quantitative estimate of drug-likeness (QED) is 0.436. The van der Waals surface area contributed by atoms with Crippen molar-refractivity contribution in [2.24, 2.45) is 4.40 Å². The number of sulfonamides is 1. The van der Waals surface area contributed by atoms with Gasteiger partial charge in [-0.2, -0.15) is 8.42 Å². The molecule has 0 spiro atoms. The monoisotopic (exact) mass is 474 g/mol. The zero-order valence-electron chi connectivity index (χ0n) is 16.0. The number of nitrogens with one attached hydrogen (secondary N) is 2. The molecule has 0 amide bonds. The summed E-state index contributed by atoms with van der Waals surface area (Å²) in [5, 5.41) is 5.76. The summed E-state index contributed by atoms with van der Waals surface area (Å²) in [7, 11) is -3.99. The zero-order valence-corrected chi connectivity index (χ0v) is 18.4. The first kappa shape index (κ1) is 20.9. The lowest BCUT2D eigenvalue weighted by Crippen LogP contribution is -2.25. The Morgan fingerprint density at radius 3 is 2.17 bits per heavy atom. The third-order valence-corrected chi connectivity index (χ3v) is 5.49. The molecule has 2 heterocycles. The minimum atomic E-state index is -3.99. The van der Waals surface area contributed by atoms with E-state index in [1.54, 1.807) is 24.3 Å². The lowest BCUT2D eigenvalue weighted by molar-refractivity contribution is 0.598. The molecule has 3 aromatic rings. The largest absolute Gasteiger partial charge is 0.310 e. The average Bonchev–Trinajstić information content (AvgIpc) is 2.60. The summed E-state index contributed by atoms with van der Waals surface area (Å²) in [6.07, 6.45) is 0. The molecular formula is C19H19BrN6O2S. The van der Waals surface area contributed by atoms with Gasteiger partial charge in [0.1, 0.15) is 5.82 Å². The third-order valence-electron chi connectivity index (χ3n) is 3.67. The molecule has 2 aromatic heterocycles. The second kappa shape index (κ2) is 8.66. The Morgan fingerprint density at radius 2 is 1.55 bits per heavy atom. The summed E-state index contributed by atoms with van der Waals surface area (Å²) in [5.74, 6) is 0.607. The van der Waals surface area contributed by atoms with Gasteiger partial charge in [-0.25, -0.2) is 15.0 Å². The van der Waals surface area contributed by atoms with Gasteiger partial charge in [0.15, 0.2) is 0 Å². The molecule has 8 nitrogen and oxygen atoms in total. The van der Waals surface area contributed by atoms with Crippen LogP contribution in [0.15, 0.2) is 62.3 Å². The third kappa shape index (κ3) is 5.81. The van der Waals surface area contributed by atoms with Crippen molar-refractivity contribution in [3.8, 4) is 0 Å². The minimum absolute atomic E-state index is 0.0559. The van der Waals surface area contributed by atoms with Crippen LogP contribution in [-0.2, 0) is 10.0 Å². The fourth-order valence-corrected chi connectivity index (χ4v) is 3.66. The molecule has 0 atom stereocenters.